The zero-order valence-electron chi connectivity index (χ0n) is 12.9. The van der Waals surface area contributed by atoms with E-state index in [4.69, 9.17) is 4.52 Å². The first-order valence-corrected chi connectivity index (χ1v) is 7.14. The van der Waals surface area contributed by atoms with Crippen LogP contribution in [0.1, 0.15) is 33.5 Å². The minimum absolute atomic E-state index is 0.0569. The Morgan fingerprint density at radius 3 is 2.62 bits per heavy atom. The lowest BCUT2D eigenvalue weighted by atomic mass is 10.0. The third kappa shape index (κ3) is 3.12. The summed E-state index contributed by atoms with van der Waals surface area (Å²) in [6.45, 7) is 3.39. The Kier molecular flexibility index (Phi) is 3.82. The molecule has 0 saturated carbocycles. The Morgan fingerprint density at radius 2 is 2.00 bits per heavy atom. The Bertz CT molecular complexity index is 895. The summed E-state index contributed by atoms with van der Waals surface area (Å²) in [4.78, 5) is 15.0. The Hall–Kier alpha value is -2.77. The van der Waals surface area contributed by atoms with Crippen molar-refractivity contribution in [3.8, 4) is 0 Å². The first-order valence-electron chi connectivity index (χ1n) is 7.14. The van der Waals surface area contributed by atoms with Crippen LogP contribution in [0.2, 0.25) is 0 Å². The van der Waals surface area contributed by atoms with E-state index < -0.39 is 18.1 Å². The number of aromatic nitrogens is 2. The van der Waals surface area contributed by atoms with Gasteiger partial charge in [-0.2, -0.15) is 13.2 Å². The number of aryl methyl sites for hydroxylation is 2. The van der Waals surface area contributed by atoms with Gasteiger partial charge < -0.3 is 14.8 Å². The predicted octanol–water partition coefficient (Wildman–Crippen LogP) is 3.81. The van der Waals surface area contributed by atoms with Crippen LogP contribution < -0.4 is 5.32 Å². The minimum atomic E-state index is -4.65. The maximum Gasteiger partial charge on any atom is 0.412 e. The van der Waals surface area contributed by atoms with Gasteiger partial charge in [0.25, 0.3) is 5.91 Å². The molecule has 1 amide bonds. The highest BCUT2D eigenvalue weighted by Gasteiger charge is 2.42. The number of carbonyl (C=O) groups is 1. The molecule has 1 atom stereocenters. The number of nitrogens with zero attached hydrogens (tertiary/aromatic N) is 1. The summed E-state index contributed by atoms with van der Waals surface area (Å²) < 4.78 is 45.0. The molecule has 0 unspecified atom stereocenters. The molecule has 2 aromatic heterocycles. The zero-order chi connectivity index (χ0) is 17.5. The standard InChI is InChI=1S/C16H14F3N3O2/c1-8-5-11-7-10(3-4-12(11)20-8)14(16(17,18)19)21-15(23)13-6-9(2)22-24-13/h3-7,14,20H,1-2H3,(H,21,23)/t14-/m0/s1. The van der Waals surface area contributed by atoms with Gasteiger partial charge in [-0.25, -0.2) is 0 Å². The molecule has 24 heavy (non-hydrogen) atoms. The molecule has 0 spiro atoms. The van der Waals surface area contributed by atoms with Crippen LogP contribution >= 0.6 is 0 Å². The van der Waals surface area contributed by atoms with E-state index in [9.17, 15) is 18.0 Å². The van der Waals surface area contributed by atoms with Crippen molar-refractivity contribution in [1.82, 2.24) is 15.5 Å². The van der Waals surface area contributed by atoms with Gasteiger partial charge >= 0.3 is 6.18 Å². The monoisotopic (exact) mass is 337 g/mol. The number of hydrogen-bond acceptors (Lipinski definition) is 3. The van der Waals surface area contributed by atoms with E-state index in [1.54, 1.807) is 19.1 Å². The van der Waals surface area contributed by atoms with Crippen molar-refractivity contribution in [3.63, 3.8) is 0 Å². The number of benzene rings is 1. The molecule has 5 nitrogen and oxygen atoms in total. The van der Waals surface area contributed by atoms with Crippen LogP contribution in [0, 0.1) is 13.8 Å². The third-order valence-corrected chi connectivity index (χ3v) is 3.57. The molecule has 3 aromatic rings. The molecule has 3 rings (SSSR count). The molecule has 8 heteroatoms. The number of fused-ring (bicyclic) bond motifs is 1. The summed E-state index contributed by atoms with van der Waals surface area (Å²) in [6.07, 6.45) is -4.65. The summed E-state index contributed by atoms with van der Waals surface area (Å²) in [6, 6.07) is 5.18. The zero-order valence-corrected chi connectivity index (χ0v) is 12.9. The summed E-state index contributed by atoms with van der Waals surface area (Å²) in [7, 11) is 0. The average Bonchev–Trinajstić information content (AvgIpc) is 3.07. The van der Waals surface area contributed by atoms with Crippen LogP contribution in [0.25, 0.3) is 10.9 Å². The SMILES string of the molecule is Cc1cc(C(=O)N[C@@H](c2ccc3[nH]c(C)cc3c2)C(F)(F)F)on1. The number of halogens is 3. The second-order valence-electron chi connectivity index (χ2n) is 5.58. The first kappa shape index (κ1) is 16.1. The van der Waals surface area contributed by atoms with Crippen molar-refractivity contribution in [3.05, 3.63) is 53.0 Å². The molecule has 0 bridgehead atoms. The molecule has 0 fully saturated rings. The molecule has 126 valence electrons. The average molecular weight is 337 g/mol. The third-order valence-electron chi connectivity index (χ3n) is 3.57. The maximum atomic E-state index is 13.4. The lowest BCUT2D eigenvalue weighted by Gasteiger charge is -2.21. The Balaban J connectivity index is 1.94. The van der Waals surface area contributed by atoms with E-state index in [0.29, 0.717) is 11.1 Å². The second-order valence-corrected chi connectivity index (χ2v) is 5.58. The lowest BCUT2D eigenvalue weighted by Crippen LogP contribution is -2.38. The fraction of sp³-hybridized carbons (Fsp3) is 0.250. The van der Waals surface area contributed by atoms with Crippen molar-refractivity contribution in [2.75, 3.05) is 0 Å². The number of alkyl halides is 3. The lowest BCUT2D eigenvalue weighted by molar-refractivity contribution is -0.155. The van der Waals surface area contributed by atoms with Crippen LogP contribution in [0.15, 0.2) is 34.9 Å². The number of nitrogens with one attached hydrogen (secondary N) is 2. The molecule has 0 saturated heterocycles. The Labute approximate surface area is 134 Å². The van der Waals surface area contributed by atoms with E-state index in [2.05, 4.69) is 10.1 Å². The number of carbonyl (C=O) groups excluding carboxylic acids is 1. The number of H-pyrrole nitrogens is 1. The van der Waals surface area contributed by atoms with Crippen molar-refractivity contribution >= 4 is 16.8 Å². The molecule has 2 N–H and O–H groups in total. The number of rotatable bonds is 3. The van der Waals surface area contributed by atoms with E-state index in [-0.39, 0.29) is 11.3 Å². The molecule has 1 aromatic carbocycles. The van der Waals surface area contributed by atoms with Gasteiger partial charge in [0, 0.05) is 17.3 Å². The second kappa shape index (κ2) is 5.70. The molecule has 2 heterocycles. The highest BCUT2D eigenvalue weighted by molar-refractivity contribution is 5.92. The molecular formula is C16H14F3N3O2. The smallest absolute Gasteiger partial charge is 0.359 e. The summed E-state index contributed by atoms with van der Waals surface area (Å²) in [5.41, 5.74) is 1.92. The molecule has 0 aliphatic carbocycles. The summed E-state index contributed by atoms with van der Waals surface area (Å²) in [5.74, 6) is -1.23. The van der Waals surface area contributed by atoms with Gasteiger partial charge in [0.05, 0.1) is 5.69 Å². The molecule has 0 radical (unpaired) electrons. The Morgan fingerprint density at radius 1 is 1.25 bits per heavy atom. The highest BCUT2D eigenvalue weighted by Crippen LogP contribution is 2.34. The summed E-state index contributed by atoms with van der Waals surface area (Å²) in [5, 5.41) is 6.11. The fourth-order valence-electron chi connectivity index (χ4n) is 2.50. The maximum absolute atomic E-state index is 13.4. The van der Waals surface area contributed by atoms with Crippen LogP contribution in [-0.2, 0) is 0 Å². The van der Waals surface area contributed by atoms with Crippen LogP contribution in [-0.4, -0.2) is 22.2 Å². The highest BCUT2D eigenvalue weighted by atomic mass is 19.4. The quantitative estimate of drug-likeness (QED) is 0.763. The normalized spacial score (nSPS) is 13.2. The van der Waals surface area contributed by atoms with E-state index >= 15 is 0 Å². The van der Waals surface area contributed by atoms with Crippen LogP contribution in [0.3, 0.4) is 0 Å². The number of aromatic amines is 1. The van der Waals surface area contributed by atoms with Crippen molar-refractivity contribution in [2.45, 2.75) is 26.1 Å². The number of hydrogen-bond donors (Lipinski definition) is 2. The predicted molar refractivity (Wildman–Crippen MR) is 80.5 cm³/mol. The van der Waals surface area contributed by atoms with E-state index in [0.717, 1.165) is 11.2 Å². The first-order chi connectivity index (χ1) is 11.2. The van der Waals surface area contributed by atoms with Crippen LogP contribution in [0.5, 0.6) is 0 Å². The largest absolute Gasteiger partial charge is 0.412 e. The van der Waals surface area contributed by atoms with Gasteiger partial charge in [-0.15, -0.1) is 0 Å². The minimum Gasteiger partial charge on any atom is -0.359 e. The van der Waals surface area contributed by atoms with Gasteiger partial charge in [0.15, 0.2) is 6.04 Å². The van der Waals surface area contributed by atoms with Gasteiger partial charge in [-0.05, 0) is 43.0 Å². The van der Waals surface area contributed by atoms with E-state index in [1.807, 2.05) is 12.2 Å². The molecular weight excluding hydrogens is 323 g/mol. The van der Waals surface area contributed by atoms with Crippen molar-refractivity contribution in [2.24, 2.45) is 0 Å². The van der Waals surface area contributed by atoms with E-state index in [1.165, 1.54) is 18.2 Å². The van der Waals surface area contributed by atoms with Gasteiger partial charge in [-0.1, -0.05) is 11.2 Å². The van der Waals surface area contributed by atoms with Gasteiger partial charge in [0.1, 0.15) is 0 Å². The van der Waals surface area contributed by atoms with Gasteiger partial charge in [-0.3, -0.25) is 4.79 Å². The molecule has 0 aliphatic heterocycles. The fourth-order valence-corrected chi connectivity index (χ4v) is 2.50. The van der Waals surface area contributed by atoms with Crippen LogP contribution in [0.4, 0.5) is 13.2 Å². The molecule has 0 aliphatic rings. The van der Waals surface area contributed by atoms with Crippen molar-refractivity contribution < 1.29 is 22.5 Å². The van der Waals surface area contributed by atoms with Gasteiger partial charge in [0.2, 0.25) is 5.76 Å². The van der Waals surface area contributed by atoms with Crippen molar-refractivity contribution in [1.29, 1.82) is 0 Å². The topological polar surface area (TPSA) is 70.9 Å². The number of amides is 1. The summed E-state index contributed by atoms with van der Waals surface area (Å²) >= 11 is 0.